The molecule has 0 unspecified atom stereocenters. The summed E-state index contributed by atoms with van der Waals surface area (Å²) >= 11 is 1.31. The molecular formula is C22H14F2N2O3S. The van der Waals surface area contributed by atoms with E-state index in [2.05, 4.69) is 10.2 Å². The molecule has 1 aromatic heterocycles. The summed E-state index contributed by atoms with van der Waals surface area (Å²) in [6.45, 7) is 0.181. The van der Waals surface area contributed by atoms with Crippen LogP contribution in [-0.2, 0) is 0 Å². The molecule has 0 saturated carbocycles. The number of rotatable bonds is 5. The van der Waals surface area contributed by atoms with Crippen molar-refractivity contribution in [1.29, 1.82) is 0 Å². The molecule has 0 bridgehead atoms. The molecule has 5 rings (SSSR count). The smallest absolute Gasteiger partial charge is 0.277 e. The van der Waals surface area contributed by atoms with Gasteiger partial charge in [0.05, 0.1) is 5.25 Å². The van der Waals surface area contributed by atoms with Crippen molar-refractivity contribution in [3.8, 4) is 23.0 Å². The van der Waals surface area contributed by atoms with E-state index in [4.69, 9.17) is 13.9 Å². The molecule has 30 heavy (non-hydrogen) atoms. The zero-order valence-corrected chi connectivity index (χ0v) is 16.2. The Balaban J connectivity index is 1.45. The van der Waals surface area contributed by atoms with Crippen LogP contribution in [0.5, 0.6) is 11.5 Å². The van der Waals surface area contributed by atoms with Gasteiger partial charge in [-0.1, -0.05) is 36.0 Å². The topological polar surface area (TPSA) is 57.4 Å². The number of hydrogen-bond acceptors (Lipinski definition) is 6. The van der Waals surface area contributed by atoms with Crippen molar-refractivity contribution in [2.24, 2.45) is 0 Å². The number of benzene rings is 3. The number of thioether (sulfide) groups is 1. The second-order valence-corrected chi connectivity index (χ2v) is 7.60. The lowest BCUT2D eigenvalue weighted by Crippen LogP contribution is -1.97. The van der Waals surface area contributed by atoms with Crippen LogP contribution in [0.2, 0.25) is 0 Å². The van der Waals surface area contributed by atoms with E-state index in [1.807, 2.05) is 6.07 Å². The van der Waals surface area contributed by atoms with Gasteiger partial charge in [0.25, 0.3) is 5.22 Å². The standard InChI is InChI=1S/C22H14F2N2O3S/c23-16-6-1-13(2-7-16)20(14-3-8-17(24)9-4-14)30-22-26-25-21(29-22)15-5-10-18-19(11-15)28-12-27-18/h1-11,20H,12H2. The third-order valence-corrected chi connectivity index (χ3v) is 5.74. The molecular weight excluding hydrogens is 410 g/mol. The highest BCUT2D eigenvalue weighted by atomic mass is 32.2. The second-order valence-electron chi connectivity index (χ2n) is 6.54. The molecule has 0 amide bonds. The highest BCUT2D eigenvalue weighted by Crippen LogP contribution is 2.41. The summed E-state index contributed by atoms with van der Waals surface area (Å²) in [6, 6.07) is 17.7. The fraction of sp³-hybridized carbons (Fsp3) is 0.0909. The normalized spacial score (nSPS) is 12.5. The van der Waals surface area contributed by atoms with Crippen LogP contribution in [0.15, 0.2) is 76.4 Å². The number of ether oxygens (including phenoxy) is 2. The number of nitrogens with zero attached hydrogens (tertiary/aromatic N) is 2. The van der Waals surface area contributed by atoms with Crippen LogP contribution in [-0.4, -0.2) is 17.0 Å². The molecule has 0 fully saturated rings. The Hall–Kier alpha value is -3.39. The van der Waals surface area contributed by atoms with Gasteiger partial charge in [0.15, 0.2) is 11.5 Å². The third-order valence-electron chi connectivity index (χ3n) is 4.59. The van der Waals surface area contributed by atoms with Crippen molar-refractivity contribution in [3.63, 3.8) is 0 Å². The lowest BCUT2D eigenvalue weighted by atomic mass is 10.0. The molecule has 0 saturated heterocycles. The molecule has 0 radical (unpaired) electrons. The summed E-state index contributed by atoms with van der Waals surface area (Å²) in [5.74, 6) is 0.970. The van der Waals surface area contributed by atoms with Gasteiger partial charge >= 0.3 is 0 Å². The Labute approximate surface area is 174 Å². The van der Waals surface area contributed by atoms with E-state index in [1.54, 1.807) is 36.4 Å². The highest BCUT2D eigenvalue weighted by Gasteiger charge is 2.21. The SMILES string of the molecule is Fc1ccc(C(Sc2nnc(-c3ccc4c(c3)OCO4)o2)c2ccc(F)cc2)cc1. The number of fused-ring (bicyclic) bond motifs is 1. The second kappa shape index (κ2) is 7.79. The van der Waals surface area contributed by atoms with Gasteiger partial charge in [-0.2, -0.15) is 0 Å². The van der Waals surface area contributed by atoms with E-state index in [0.29, 0.717) is 28.2 Å². The van der Waals surface area contributed by atoms with Gasteiger partial charge in [0, 0.05) is 5.56 Å². The average molecular weight is 424 g/mol. The molecule has 5 nitrogen and oxygen atoms in total. The minimum absolute atomic E-state index is 0.181. The highest BCUT2D eigenvalue weighted by molar-refractivity contribution is 7.99. The average Bonchev–Trinajstić information content (AvgIpc) is 3.42. The Kier molecular flexibility index (Phi) is 4.84. The van der Waals surface area contributed by atoms with Crippen LogP contribution in [0.25, 0.3) is 11.5 Å². The van der Waals surface area contributed by atoms with Gasteiger partial charge in [-0.25, -0.2) is 8.78 Å². The maximum absolute atomic E-state index is 13.4. The Morgan fingerprint density at radius 3 is 2.07 bits per heavy atom. The zero-order valence-electron chi connectivity index (χ0n) is 15.4. The van der Waals surface area contributed by atoms with Crippen molar-refractivity contribution in [1.82, 2.24) is 10.2 Å². The monoisotopic (exact) mass is 424 g/mol. The molecule has 0 N–H and O–H groups in total. The Bertz CT molecular complexity index is 1130. The van der Waals surface area contributed by atoms with Crippen LogP contribution in [0.3, 0.4) is 0 Å². The van der Waals surface area contributed by atoms with Crippen molar-refractivity contribution in [3.05, 3.63) is 89.5 Å². The first-order valence-electron chi connectivity index (χ1n) is 9.07. The summed E-state index contributed by atoms with van der Waals surface area (Å²) < 4.78 is 43.4. The van der Waals surface area contributed by atoms with Crippen molar-refractivity contribution >= 4 is 11.8 Å². The van der Waals surface area contributed by atoms with Gasteiger partial charge in [0.1, 0.15) is 11.6 Å². The first-order chi connectivity index (χ1) is 14.7. The molecule has 0 spiro atoms. The molecule has 1 aliphatic rings. The summed E-state index contributed by atoms with van der Waals surface area (Å²) in [7, 11) is 0. The van der Waals surface area contributed by atoms with E-state index in [1.165, 1.54) is 36.0 Å². The third kappa shape index (κ3) is 3.73. The predicted molar refractivity (Wildman–Crippen MR) is 106 cm³/mol. The molecule has 0 atom stereocenters. The van der Waals surface area contributed by atoms with Crippen LogP contribution in [0, 0.1) is 11.6 Å². The summed E-state index contributed by atoms with van der Waals surface area (Å²) in [5.41, 5.74) is 2.37. The molecule has 4 aromatic rings. The predicted octanol–water partition coefficient (Wildman–Crippen LogP) is 5.63. The lowest BCUT2D eigenvalue weighted by Gasteiger charge is -2.15. The minimum Gasteiger partial charge on any atom is -0.454 e. The van der Waals surface area contributed by atoms with E-state index in [0.717, 1.165) is 11.1 Å². The fourth-order valence-corrected chi connectivity index (χ4v) is 4.11. The first-order valence-corrected chi connectivity index (χ1v) is 9.95. The quantitative estimate of drug-likeness (QED) is 0.387. The summed E-state index contributed by atoms with van der Waals surface area (Å²) in [4.78, 5) is 0. The van der Waals surface area contributed by atoms with Crippen molar-refractivity contribution in [2.75, 3.05) is 6.79 Å². The van der Waals surface area contributed by atoms with E-state index >= 15 is 0 Å². The van der Waals surface area contributed by atoms with Gasteiger partial charge in [0.2, 0.25) is 12.7 Å². The Morgan fingerprint density at radius 1 is 0.767 bits per heavy atom. The van der Waals surface area contributed by atoms with Gasteiger partial charge in [-0.3, -0.25) is 0 Å². The molecule has 3 aromatic carbocycles. The van der Waals surface area contributed by atoms with E-state index in [9.17, 15) is 8.78 Å². The summed E-state index contributed by atoms with van der Waals surface area (Å²) in [6.07, 6.45) is 0. The number of aromatic nitrogens is 2. The molecule has 8 heteroatoms. The van der Waals surface area contributed by atoms with E-state index < -0.39 is 0 Å². The fourth-order valence-electron chi connectivity index (χ4n) is 3.11. The largest absolute Gasteiger partial charge is 0.454 e. The number of hydrogen-bond donors (Lipinski definition) is 0. The maximum atomic E-state index is 13.4. The van der Waals surface area contributed by atoms with Gasteiger partial charge in [-0.15, -0.1) is 10.2 Å². The number of halogens is 2. The van der Waals surface area contributed by atoms with E-state index in [-0.39, 0.29) is 23.7 Å². The Morgan fingerprint density at radius 2 is 1.40 bits per heavy atom. The van der Waals surface area contributed by atoms with Crippen LogP contribution < -0.4 is 9.47 Å². The zero-order chi connectivity index (χ0) is 20.5. The lowest BCUT2D eigenvalue weighted by molar-refractivity contribution is 0.174. The maximum Gasteiger partial charge on any atom is 0.277 e. The van der Waals surface area contributed by atoms with Crippen LogP contribution >= 0.6 is 11.8 Å². The van der Waals surface area contributed by atoms with Crippen LogP contribution in [0.4, 0.5) is 8.78 Å². The first kappa shape index (κ1) is 18.6. The molecule has 150 valence electrons. The van der Waals surface area contributed by atoms with Crippen LogP contribution in [0.1, 0.15) is 16.4 Å². The molecule has 0 aliphatic carbocycles. The minimum atomic E-state index is -0.329. The molecule has 2 heterocycles. The molecule has 1 aliphatic heterocycles. The summed E-state index contributed by atoms with van der Waals surface area (Å²) in [5, 5.41) is 8.32. The van der Waals surface area contributed by atoms with Gasteiger partial charge in [-0.05, 0) is 53.6 Å². The van der Waals surface area contributed by atoms with Gasteiger partial charge < -0.3 is 13.9 Å². The van der Waals surface area contributed by atoms with Crippen molar-refractivity contribution < 1.29 is 22.7 Å². The van der Waals surface area contributed by atoms with Crippen molar-refractivity contribution in [2.45, 2.75) is 10.5 Å².